The lowest BCUT2D eigenvalue weighted by Gasteiger charge is -2.11. The molecule has 0 aliphatic rings. The van der Waals surface area contributed by atoms with Crippen LogP contribution in [0.4, 0.5) is 5.69 Å². The maximum absolute atomic E-state index is 12.3. The highest BCUT2D eigenvalue weighted by Gasteiger charge is 2.15. The summed E-state index contributed by atoms with van der Waals surface area (Å²) in [5.74, 6) is -1.38. The lowest BCUT2D eigenvalue weighted by Crippen LogP contribution is -2.32. The Morgan fingerprint density at radius 3 is 2.35 bits per heavy atom. The quantitative estimate of drug-likeness (QED) is 0.175. The molecule has 34 heavy (non-hydrogen) atoms. The maximum Gasteiger partial charge on any atom is 0.343 e. The first-order valence-electron chi connectivity index (χ1n) is 10.3. The summed E-state index contributed by atoms with van der Waals surface area (Å²) < 4.78 is 16.1. The van der Waals surface area contributed by atoms with E-state index in [0.717, 1.165) is 0 Å². The summed E-state index contributed by atoms with van der Waals surface area (Å²) in [6, 6.07) is 20.1. The molecule has 0 saturated carbocycles. The van der Waals surface area contributed by atoms with Crippen molar-refractivity contribution in [1.29, 1.82) is 0 Å². The number of hydrogen-bond acceptors (Lipinski definition) is 7. The zero-order chi connectivity index (χ0) is 24.3. The van der Waals surface area contributed by atoms with Gasteiger partial charge in [0.15, 0.2) is 11.5 Å². The molecule has 0 aromatic heterocycles. The van der Waals surface area contributed by atoms with E-state index in [1.807, 2.05) is 0 Å². The van der Waals surface area contributed by atoms with Crippen LogP contribution in [-0.4, -0.2) is 37.7 Å². The van der Waals surface area contributed by atoms with Crippen LogP contribution in [-0.2, 0) is 9.59 Å². The minimum atomic E-state index is -0.958. The molecule has 3 aromatic rings. The van der Waals surface area contributed by atoms with Crippen LogP contribution >= 0.6 is 0 Å². The standard InChI is InChI=1S/C25H23N3O6/c1-3-33-22-15-17(13-14-21(22)34-25(31)18-9-5-4-6-10-18)16-26-28-24(30)23(29)27-19-11-7-8-12-20(19)32-2/h4-16H,3H2,1-2H3,(H,27,29)(H,28,30). The minimum absolute atomic E-state index is 0.244. The molecule has 0 radical (unpaired) electrons. The normalized spacial score (nSPS) is 10.4. The van der Waals surface area contributed by atoms with E-state index in [9.17, 15) is 14.4 Å². The fourth-order valence-corrected chi connectivity index (χ4v) is 2.83. The van der Waals surface area contributed by atoms with E-state index in [0.29, 0.717) is 34.9 Å². The van der Waals surface area contributed by atoms with Crippen molar-refractivity contribution in [2.24, 2.45) is 5.10 Å². The van der Waals surface area contributed by atoms with Gasteiger partial charge in [-0.25, -0.2) is 10.2 Å². The van der Waals surface area contributed by atoms with Crippen molar-refractivity contribution in [2.45, 2.75) is 6.92 Å². The highest BCUT2D eigenvalue weighted by atomic mass is 16.6. The molecule has 9 heteroatoms. The molecule has 0 unspecified atom stereocenters. The Hall–Kier alpha value is -4.66. The number of carbonyl (C=O) groups excluding carboxylic acids is 3. The molecule has 0 fully saturated rings. The third kappa shape index (κ3) is 6.42. The first-order valence-corrected chi connectivity index (χ1v) is 10.3. The zero-order valence-electron chi connectivity index (χ0n) is 18.6. The van der Waals surface area contributed by atoms with Gasteiger partial charge in [0.2, 0.25) is 0 Å². The minimum Gasteiger partial charge on any atom is -0.495 e. The topological polar surface area (TPSA) is 115 Å². The number of carbonyl (C=O) groups is 3. The van der Waals surface area contributed by atoms with Crippen molar-refractivity contribution in [3.05, 3.63) is 83.9 Å². The monoisotopic (exact) mass is 461 g/mol. The summed E-state index contributed by atoms with van der Waals surface area (Å²) in [6.07, 6.45) is 1.33. The number of anilines is 1. The third-order valence-electron chi connectivity index (χ3n) is 4.42. The van der Waals surface area contributed by atoms with Gasteiger partial charge in [-0.15, -0.1) is 0 Å². The fourth-order valence-electron chi connectivity index (χ4n) is 2.83. The van der Waals surface area contributed by atoms with Crippen LogP contribution in [0, 0.1) is 0 Å². The van der Waals surface area contributed by atoms with E-state index in [4.69, 9.17) is 14.2 Å². The van der Waals surface area contributed by atoms with Crippen molar-refractivity contribution < 1.29 is 28.6 Å². The molecule has 3 aromatic carbocycles. The predicted octanol–water partition coefficient (Wildman–Crippen LogP) is 3.40. The number of nitrogens with one attached hydrogen (secondary N) is 2. The lowest BCUT2D eigenvalue weighted by molar-refractivity contribution is -0.136. The van der Waals surface area contributed by atoms with Gasteiger partial charge in [0, 0.05) is 0 Å². The molecular formula is C25H23N3O6. The van der Waals surface area contributed by atoms with Gasteiger partial charge in [-0.05, 0) is 55.0 Å². The summed E-state index contributed by atoms with van der Waals surface area (Å²) >= 11 is 0. The number of nitrogens with zero attached hydrogens (tertiary/aromatic N) is 1. The van der Waals surface area contributed by atoms with Crippen LogP contribution < -0.4 is 25.0 Å². The number of amides is 2. The molecule has 0 spiro atoms. The van der Waals surface area contributed by atoms with Crippen LogP contribution in [0.3, 0.4) is 0 Å². The van der Waals surface area contributed by atoms with E-state index in [2.05, 4.69) is 15.8 Å². The van der Waals surface area contributed by atoms with Gasteiger partial charge in [0.25, 0.3) is 0 Å². The van der Waals surface area contributed by atoms with Crippen molar-refractivity contribution >= 4 is 29.7 Å². The van der Waals surface area contributed by atoms with Gasteiger partial charge >= 0.3 is 17.8 Å². The Labute approximate surface area is 196 Å². The van der Waals surface area contributed by atoms with Crippen LogP contribution in [0.1, 0.15) is 22.8 Å². The first kappa shape index (κ1) is 24.0. The molecule has 3 rings (SSSR count). The van der Waals surface area contributed by atoms with Gasteiger partial charge in [0.1, 0.15) is 5.75 Å². The fraction of sp³-hybridized carbons (Fsp3) is 0.120. The second-order valence-electron chi connectivity index (χ2n) is 6.75. The van der Waals surface area contributed by atoms with Gasteiger partial charge in [-0.1, -0.05) is 30.3 Å². The Morgan fingerprint density at radius 2 is 1.62 bits per heavy atom. The van der Waals surface area contributed by atoms with E-state index >= 15 is 0 Å². The van der Waals surface area contributed by atoms with Gasteiger partial charge in [-0.3, -0.25) is 9.59 Å². The number of rotatable bonds is 8. The maximum atomic E-state index is 12.3. The van der Waals surface area contributed by atoms with E-state index in [-0.39, 0.29) is 5.75 Å². The second kappa shape index (κ2) is 11.8. The Balaban J connectivity index is 1.63. The smallest absolute Gasteiger partial charge is 0.343 e. The molecule has 0 bridgehead atoms. The number of ether oxygens (including phenoxy) is 3. The van der Waals surface area contributed by atoms with Crippen LogP contribution in [0.2, 0.25) is 0 Å². The van der Waals surface area contributed by atoms with Crippen molar-refractivity contribution in [3.63, 3.8) is 0 Å². The zero-order valence-corrected chi connectivity index (χ0v) is 18.6. The highest BCUT2D eigenvalue weighted by Crippen LogP contribution is 2.29. The summed E-state index contributed by atoms with van der Waals surface area (Å²) in [7, 11) is 1.46. The Bertz CT molecular complexity index is 1190. The average molecular weight is 461 g/mol. The summed E-state index contributed by atoms with van der Waals surface area (Å²) in [5.41, 5.74) is 3.47. The van der Waals surface area contributed by atoms with Crippen molar-refractivity contribution in [2.75, 3.05) is 19.0 Å². The number of benzene rings is 3. The average Bonchev–Trinajstić information content (AvgIpc) is 2.86. The molecule has 2 N–H and O–H groups in total. The van der Waals surface area contributed by atoms with Crippen LogP contribution in [0.25, 0.3) is 0 Å². The molecule has 0 aliphatic carbocycles. The summed E-state index contributed by atoms with van der Waals surface area (Å²) in [4.78, 5) is 36.5. The summed E-state index contributed by atoms with van der Waals surface area (Å²) in [6.45, 7) is 2.14. The largest absolute Gasteiger partial charge is 0.495 e. The van der Waals surface area contributed by atoms with Crippen LogP contribution in [0.5, 0.6) is 17.2 Å². The molecule has 2 amide bonds. The van der Waals surface area contributed by atoms with Gasteiger partial charge in [0.05, 0.1) is 31.2 Å². The number of esters is 1. The molecule has 0 aliphatic heterocycles. The Kier molecular flexibility index (Phi) is 8.34. The predicted molar refractivity (Wildman–Crippen MR) is 126 cm³/mol. The van der Waals surface area contributed by atoms with Gasteiger partial charge < -0.3 is 19.5 Å². The number of methoxy groups -OCH3 is 1. The lowest BCUT2D eigenvalue weighted by atomic mass is 10.2. The van der Waals surface area contributed by atoms with E-state index < -0.39 is 17.8 Å². The molecular weight excluding hydrogens is 438 g/mol. The van der Waals surface area contributed by atoms with Crippen LogP contribution in [0.15, 0.2) is 77.9 Å². The van der Waals surface area contributed by atoms with Crippen molar-refractivity contribution in [1.82, 2.24) is 5.43 Å². The molecule has 0 saturated heterocycles. The molecule has 174 valence electrons. The number of hydrazone groups is 1. The number of para-hydroxylation sites is 2. The van der Waals surface area contributed by atoms with E-state index in [1.165, 1.54) is 13.3 Å². The SMILES string of the molecule is CCOc1cc(C=NNC(=O)C(=O)Nc2ccccc2OC)ccc1OC(=O)c1ccccc1. The molecule has 0 atom stereocenters. The first-order chi connectivity index (χ1) is 16.5. The molecule has 9 nitrogen and oxygen atoms in total. The van der Waals surface area contributed by atoms with Crippen molar-refractivity contribution in [3.8, 4) is 17.2 Å². The van der Waals surface area contributed by atoms with E-state index in [1.54, 1.807) is 79.7 Å². The second-order valence-corrected chi connectivity index (χ2v) is 6.75. The third-order valence-corrected chi connectivity index (χ3v) is 4.42. The highest BCUT2D eigenvalue weighted by molar-refractivity contribution is 6.39. The van der Waals surface area contributed by atoms with Gasteiger partial charge in [-0.2, -0.15) is 5.10 Å². The Morgan fingerprint density at radius 1 is 0.882 bits per heavy atom. The molecule has 0 heterocycles. The summed E-state index contributed by atoms with van der Waals surface area (Å²) in [5, 5.41) is 6.26. The number of hydrogen-bond donors (Lipinski definition) is 2.